The van der Waals surface area contributed by atoms with Crippen LogP contribution in [-0.4, -0.2) is 5.91 Å². The standard InChI is InChI=1S/C8H9NOS/c9-8(10)7-4-2-1-3-6(7)5-11/h1-4,11H,5H2,(H2,9,10). The lowest BCUT2D eigenvalue weighted by atomic mass is 10.1. The number of thiol groups is 1. The second kappa shape index (κ2) is 3.44. The van der Waals surface area contributed by atoms with E-state index >= 15 is 0 Å². The van der Waals surface area contributed by atoms with Gasteiger partial charge in [-0.2, -0.15) is 12.6 Å². The summed E-state index contributed by atoms with van der Waals surface area (Å²) in [5.41, 5.74) is 6.55. The zero-order valence-electron chi connectivity index (χ0n) is 5.95. The number of hydrogen-bond donors (Lipinski definition) is 2. The molecule has 58 valence electrons. The van der Waals surface area contributed by atoms with Crippen LogP contribution in [0.1, 0.15) is 15.9 Å². The fourth-order valence-corrected chi connectivity index (χ4v) is 1.17. The van der Waals surface area contributed by atoms with Gasteiger partial charge in [0, 0.05) is 11.3 Å². The maximum Gasteiger partial charge on any atom is 0.249 e. The Morgan fingerprint density at radius 3 is 2.55 bits per heavy atom. The summed E-state index contributed by atoms with van der Waals surface area (Å²) in [6.07, 6.45) is 0. The van der Waals surface area contributed by atoms with Gasteiger partial charge in [-0.3, -0.25) is 4.79 Å². The van der Waals surface area contributed by atoms with E-state index in [1.54, 1.807) is 12.1 Å². The van der Waals surface area contributed by atoms with Crippen molar-refractivity contribution in [1.82, 2.24) is 0 Å². The summed E-state index contributed by atoms with van der Waals surface area (Å²) in [6.45, 7) is 0. The molecule has 0 aromatic heterocycles. The lowest BCUT2D eigenvalue weighted by Crippen LogP contribution is -2.12. The fraction of sp³-hybridized carbons (Fsp3) is 0.125. The summed E-state index contributed by atoms with van der Waals surface area (Å²) in [5, 5.41) is 0. The molecule has 2 nitrogen and oxygen atoms in total. The van der Waals surface area contributed by atoms with Gasteiger partial charge in [0.15, 0.2) is 0 Å². The zero-order valence-corrected chi connectivity index (χ0v) is 6.84. The van der Waals surface area contributed by atoms with Crippen LogP contribution >= 0.6 is 12.6 Å². The third-order valence-electron chi connectivity index (χ3n) is 1.45. The molecule has 0 heterocycles. The Kier molecular flexibility index (Phi) is 2.54. The molecule has 0 spiro atoms. The van der Waals surface area contributed by atoms with Gasteiger partial charge in [-0.25, -0.2) is 0 Å². The van der Waals surface area contributed by atoms with Gasteiger partial charge in [-0.1, -0.05) is 18.2 Å². The third-order valence-corrected chi connectivity index (χ3v) is 1.79. The fourth-order valence-electron chi connectivity index (χ4n) is 0.899. The topological polar surface area (TPSA) is 43.1 Å². The molecule has 0 aliphatic heterocycles. The van der Waals surface area contributed by atoms with Gasteiger partial charge in [0.1, 0.15) is 0 Å². The van der Waals surface area contributed by atoms with E-state index in [9.17, 15) is 4.79 Å². The van der Waals surface area contributed by atoms with Gasteiger partial charge in [-0.15, -0.1) is 0 Å². The van der Waals surface area contributed by atoms with E-state index in [1.165, 1.54) is 0 Å². The molecule has 0 fully saturated rings. The molecule has 1 amide bonds. The minimum absolute atomic E-state index is 0.394. The molecule has 1 rings (SSSR count). The van der Waals surface area contributed by atoms with Crippen LogP contribution < -0.4 is 5.73 Å². The van der Waals surface area contributed by atoms with E-state index in [1.807, 2.05) is 12.1 Å². The highest BCUT2D eigenvalue weighted by molar-refractivity contribution is 7.79. The number of primary amides is 1. The summed E-state index contributed by atoms with van der Waals surface area (Å²) in [7, 11) is 0. The Labute approximate surface area is 70.8 Å². The van der Waals surface area contributed by atoms with Crippen molar-refractivity contribution in [3.8, 4) is 0 Å². The average molecular weight is 167 g/mol. The molecule has 2 N–H and O–H groups in total. The Hall–Kier alpha value is -0.960. The monoisotopic (exact) mass is 167 g/mol. The number of benzene rings is 1. The first-order chi connectivity index (χ1) is 5.25. The first kappa shape index (κ1) is 8.14. The van der Waals surface area contributed by atoms with Gasteiger partial charge in [-0.05, 0) is 11.6 Å². The number of carbonyl (C=O) groups excluding carboxylic acids is 1. The third kappa shape index (κ3) is 1.74. The molecule has 0 saturated carbocycles. The number of amides is 1. The predicted molar refractivity (Wildman–Crippen MR) is 47.6 cm³/mol. The minimum atomic E-state index is -0.394. The van der Waals surface area contributed by atoms with E-state index in [-0.39, 0.29) is 0 Å². The number of rotatable bonds is 2. The van der Waals surface area contributed by atoms with Crippen molar-refractivity contribution in [2.24, 2.45) is 5.73 Å². The van der Waals surface area contributed by atoms with Crippen LogP contribution in [0, 0.1) is 0 Å². The highest BCUT2D eigenvalue weighted by atomic mass is 32.1. The Balaban J connectivity index is 3.12. The highest BCUT2D eigenvalue weighted by Gasteiger charge is 2.03. The molecule has 0 atom stereocenters. The van der Waals surface area contributed by atoms with E-state index in [2.05, 4.69) is 12.6 Å². The summed E-state index contributed by atoms with van der Waals surface area (Å²) in [6, 6.07) is 7.19. The second-order valence-corrected chi connectivity index (χ2v) is 2.50. The van der Waals surface area contributed by atoms with Crippen LogP contribution in [0.5, 0.6) is 0 Å². The van der Waals surface area contributed by atoms with Crippen molar-refractivity contribution < 1.29 is 4.79 Å². The van der Waals surface area contributed by atoms with Crippen molar-refractivity contribution in [1.29, 1.82) is 0 Å². The quantitative estimate of drug-likeness (QED) is 0.639. The van der Waals surface area contributed by atoms with E-state index in [0.29, 0.717) is 11.3 Å². The molecule has 1 aromatic rings. The van der Waals surface area contributed by atoms with Crippen molar-refractivity contribution in [2.75, 3.05) is 0 Å². The molecule has 0 aliphatic carbocycles. The molecular weight excluding hydrogens is 158 g/mol. The lowest BCUT2D eigenvalue weighted by molar-refractivity contribution is 0.0999. The van der Waals surface area contributed by atoms with Crippen LogP contribution in [0.15, 0.2) is 24.3 Å². The predicted octanol–water partition coefficient (Wildman–Crippen LogP) is 1.22. The van der Waals surface area contributed by atoms with Crippen molar-refractivity contribution in [2.45, 2.75) is 5.75 Å². The minimum Gasteiger partial charge on any atom is -0.366 e. The van der Waals surface area contributed by atoms with Crippen LogP contribution in [-0.2, 0) is 5.75 Å². The van der Waals surface area contributed by atoms with Crippen LogP contribution in [0.4, 0.5) is 0 Å². The average Bonchev–Trinajstić information content (AvgIpc) is 2.04. The summed E-state index contributed by atoms with van der Waals surface area (Å²) < 4.78 is 0. The summed E-state index contributed by atoms with van der Waals surface area (Å²) >= 11 is 4.07. The molecule has 0 aliphatic rings. The van der Waals surface area contributed by atoms with Crippen molar-refractivity contribution >= 4 is 18.5 Å². The molecule has 0 radical (unpaired) electrons. The number of nitrogens with two attached hydrogens (primary N) is 1. The molecule has 0 unspecified atom stereocenters. The first-order valence-electron chi connectivity index (χ1n) is 3.24. The van der Waals surface area contributed by atoms with E-state index in [0.717, 1.165) is 5.56 Å². The van der Waals surface area contributed by atoms with E-state index in [4.69, 9.17) is 5.73 Å². The van der Waals surface area contributed by atoms with E-state index < -0.39 is 5.91 Å². The summed E-state index contributed by atoms with van der Waals surface area (Å²) in [5.74, 6) is 0.147. The Morgan fingerprint density at radius 1 is 1.45 bits per heavy atom. The van der Waals surface area contributed by atoms with Crippen molar-refractivity contribution in [3.05, 3.63) is 35.4 Å². The Morgan fingerprint density at radius 2 is 2.09 bits per heavy atom. The van der Waals surface area contributed by atoms with Gasteiger partial charge in [0.25, 0.3) is 0 Å². The largest absolute Gasteiger partial charge is 0.366 e. The molecule has 1 aromatic carbocycles. The SMILES string of the molecule is NC(=O)c1ccccc1CS. The number of hydrogen-bond acceptors (Lipinski definition) is 2. The van der Waals surface area contributed by atoms with Gasteiger partial charge >= 0.3 is 0 Å². The molecule has 0 saturated heterocycles. The Bertz CT molecular complexity index is 273. The summed E-state index contributed by atoms with van der Waals surface area (Å²) in [4.78, 5) is 10.8. The molecule has 11 heavy (non-hydrogen) atoms. The van der Waals surface area contributed by atoms with Crippen LogP contribution in [0.2, 0.25) is 0 Å². The number of carbonyl (C=O) groups is 1. The first-order valence-corrected chi connectivity index (χ1v) is 3.87. The lowest BCUT2D eigenvalue weighted by Gasteiger charge is -2.00. The molecular formula is C8H9NOS. The van der Waals surface area contributed by atoms with Gasteiger partial charge in [0.05, 0.1) is 0 Å². The molecule has 3 heteroatoms. The molecule has 0 bridgehead atoms. The van der Waals surface area contributed by atoms with Crippen molar-refractivity contribution in [3.63, 3.8) is 0 Å². The normalized spacial score (nSPS) is 9.55. The second-order valence-electron chi connectivity index (χ2n) is 2.18. The highest BCUT2D eigenvalue weighted by Crippen LogP contribution is 2.09. The van der Waals surface area contributed by atoms with Gasteiger partial charge < -0.3 is 5.73 Å². The maximum atomic E-state index is 10.8. The van der Waals surface area contributed by atoms with Crippen LogP contribution in [0.25, 0.3) is 0 Å². The smallest absolute Gasteiger partial charge is 0.249 e. The van der Waals surface area contributed by atoms with Gasteiger partial charge in [0.2, 0.25) is 5.91 Å². The zero-order chi connectivity index (χ0) is 8.27. The maximum absolute atomic E-state index is 10.8. The van der Waals surface area contributed by atoms with Crippen LogP contribution in [0.3, 0.4) is 0 Å².